The second kappa shape index (κ2) is 8.60. The van der Waals surface area contributed by atoms with E-state index >= 15 is 0 Å². The van der Waals surface area contributed by atoms with Crippen molar-refractivity contribution in [3.05, 3.63) is 28.2 Å². The van der Waals surface area contributed by atoms with Gasteiger partial charge in [0.2, 0.25) is 0 Å². The Morgan fingerprint density at radius 1 is 1.26 bits per heavy atom. The van der Waals surface area contributed by atoms with Crippen LogP contribution in [-0.2, 0) is 0 Å². The lowest BCUT2D eigenvalue weighted by Gasteiger charge is -2.22. The fourth-order valence-corrected chi connectivity index (χ4v) is 2.80. The summed E-state index contributed by atoms with van der Waals surface area (Å²) >= 11 is 3.71. The minimum Gasteiger partial charge on any atom is -0.374 e. The van der Waals surface area contributed by atoms with Crippen molar-refractivity contribution in [2.75, 3.05) is 25.0 Å². The number of anilines is 1. The third-order valence-electron chi connectivity index (χ3n) is 3.43. The summed E-state index contributed by atoms with van der Waals surface area (Å²) in [5, 5.41) is 3.52. The van der Waals surface area contributed by atoms with Gasteiger partial charge in [-0.25, -0.2) is 0 Å². The molecule has 1 rings (SSSR count). The lowest BCUT2D eigenvalue weighted by molar-refractivity contribution is 0.570. The molecule has 0 spiro atoms. The first-order valence-corrected chi connectivity index (χ1v) is 8.13. The molecule has 0 aromatic heterocycles. The van der Waals surface area contributed by atoms with Crippen molar-refractivity contribution in [1.29, 1.82) is 0 Å². The molecule has 1 aromatic carbocycles. The number of nitrogens with zero attached hydrogens (tertiary/aromatic N) is 1. The van der Waals surface area contributed by atoms with Crippen molar-refractivity contribution in [3.63, 3.8) is 0 Å². The molecule has 1 aromatic rings. The van der Waals surface area contributed by atoms with Gasteiger partial charge in [0.15, 0.2) is 0 Å². The molecule has 3 heteroatoms. The molecule has 0 radical (unpaired) electrons. The molecule has 0 amide bonds. The van der Waals surface area contributed by atoms with Crippen LogP contribution in [0.25, 0.3) is 0 Å². The monoisotopic (exact) mass is 326 g/mol. The van der Waals surface area contributed by atoms with Crippen LogP contribution in [0, 0.1) is 0 Å². The van der Waals surface area contributed by atoms with Crippen molar-refractivity contribution in [2.24, 2.45) is 0 Å². The third kappa shape index (κ3) is 5.15. The Morgan fingerprint density at radius 2 is 2.00 bits per heavy atom. The van der Waals surface area contributed by atoms with E-state index in [1.54, 1.807) is 0 Å². The zero-order valence-corrected chi connectivity index (χ0v) is 14.3. The van der Waals surface area contributed by atoms with Gasteiger partial charge in [-0.15, -0.1) is 0 Å². The SMILES string of the molecule is CCCCN(C)c1ccc(C(C)NCCC)cc1Br. The first-order chi connectivity index (χ1) is 9.10. The molecule has 1 unspecified atom stereocenters. The summed E-state index contributed by atoms with van der Waals surface area (Å²) in [4.78, 5) is 2.32. The molecule has 1 N–H and O–H groups in total. The van der Waals surface area contributed by atoms with E-state index in [9.17, 15) is 0 Å². The lowest BCUT2D eigenvalue weighted by Crippen LogP contribution is -2.21. The van der Waals surface area contributed by atoms with Crippen molar-refractivity contribution in [2.45, 2.75) is 46.1 Å². The molecule has 0 bridgehead atoms. The smallest absolute Gasteiger partial charge is 0.0508 e. The molecule has 1 atom stereocenters. The molecule has 108 valence electrons. The maximum Gasteiger partial charge on any atom is 0.0508 e. The minimum absolute atomic E-state index is 0.409. The summed E-state index contributed by atoms with van der Waals surface area (Å²) in [6, 6.07) is 7.10. The molecule has 0 aliphatic rings. The van der Waals surface area contributed by atoms with Gasteiger partial charge in [0, 0.05) is 24.1 Å². The summed E-state index contributed by atoms with van der Waals surface area (Å²) < 4.78 is 1.19. The minimum atomic E-state index is 0.409. The van der Waals surface area contributed by atoms with Gasteiger partial charge in [0.05, 0.1) is 5.69 Å². The highest BCUT2D eigenvalue weighted by molar-refractivity contribution is 9.10. The van der Waals surface area contributed by atoms with Crippen molar-refractivity contribution < 1.29 is 0 Å². The van der Waals surface area contributed by atoms with Crippen LogP contribution in [0.5, 0.6) is 0 Å². The summed E-state index contributed by atoms with van der Waals surface area (Å²) in [6.45, 7) is 8.82. The molecular formula is C16H27BrN2. The number of hydrogen-bond donors (Lipinski definition) is 1. The average molecular weight is 327 g/mol. The van der Waals surface area contributed by atoms with Crippen LogP contribution in [0.15, 0.2) is 22.7 Å². The van der Waals surface area contributed by atoms with Gasteiger partial charge >= 0.3 is 0 Å². The van der Waals surface area contributed by atoms with Crippen LogP contribution < -0.4 is 10.2 Å². The predicted octanol–water partition coefficient (Wildman–Crippen LogP) is 4.75. The average Bonchev–Trinajstić information content (AvgIpc) is 2.41. The maximum atomic E-state index is 3.71. The Kier molecular flexibility index (Phi) is 7.47. The van der Waals surface area contributed by atoms with E-state index in [4.69, 9.17) is 0 Å². The Morgan fingerprint density at radius 3 is 2.58 bits per heavy atom. The standard InChI is InChI=1S/C16H27BrN2/c1-5-7-11-19(4)16-9-8-14(12-15(16)17)13(3)18-10-6-2/h8-9,12-13,18H,5-7,10-11H2,1-4H3. The number of benzene rings is 1. The van der Waals surface area contributed by atoms with Gasteiger partial charge in [-0.1, -0.05) is 26.3 Å². The molecule has 0 saturated carbocycles. The summed E-state index contributed by atoms with van der Waals surface area (Å²) in [6.07, 6.45) is 3.64. The van der Waals surface area contributed by atoms with E-state index in [0.717, 1.165) is 13.1 Å². The van der Waals surface area contributed by atoms with Crippen LogP contribution in [0.4, 0.5) is 5.69 Å². The van der Waals surface area contributed by atoms with Crippen molar-refractivity contribution in [3.8, 4) is 0 Å². The molecule has 19 heavy (non-hydrogen) atoms. The molecule has 0 aliphatic heterocycles. The highest BCUT2D eigenvalue weighted by atomic mass is 79.9. The normalized spacial score (nSPS) is 12.5. The molecule has 0 fully saturated rings. The summed E-state index contributed by atoms with van der Waals surface area (Å²) in [7, 11) is 2.16. The van der Waals surface area contributed by atoms with E-state index in [2.05, 4.69) is 72.2 Å². The molecule has 0 aliphatic carbocycles. The fraction of sp³-hybridized carbons (Fsp3) is 0.625. The molecule has 0 heterocycles. The number of hydrogen-bond acceptors (Lipinski definition) is 2. The van der Waals surface area contributed by atoms with E-state index in [-0.39, 0.29) is 0 Å². The van der Waals surface area contributed by atoms with Gasteiger partial charge in [-0.2, -0.15) is 0 Å². The maximum absolute atomic E-state index is 3.71. The van der Waals surface area contributed by atoms with E-state index in [0.29, 0.717) is 6.04 Å². The lowest BCUT2D eigenvalue weighted by atomic mass is 10.1. The van der Waals surface area contributed by atoms with Gasteiger partial charge < -0.3 is 10.2 Å². The summed E-state index contributed by atoms with van der Waals surface area (Å²) in [5.74, 6) is 0. The number of rotatable bonds is 8. The zero-order valence-electron chi connectivity index (χ0n) is 12.7. The zero-order chi connectivity index (χ0) is 14.3. The second-order valence-electron chi connectivity index (χ2n) is 5.16. The molecule has 0 saturated heterocycles. The van der Waals surface area contributed by atoms with Crippen LogP contribution in [-0.4, -0.2) is 20.1 Å². The third-order valence-corrected chi connectivity index (χ3v) is 4.07. The quantitative estimate of drug-likeness (QED) is 0.741. The Bertz CT molecular complexity index is 379. The van der Waals surface area contributed by atoms with Crippen molar-refractivity contribution >= 4 is 21.6 Å². The fourth-order valence-electron chi connectivity index (χ4n) is 2.10. The van der Waals surface area contributed by atoms with Gasteiger partial charge in [0.1, 0.15) is 0 Å². The van der Waals surface area contributed by atoms with E-state index in [1.165, 1.54) is 35.0 Å². The number of nitrogens with one attached hydrogen (secondary N) is 1. The van der Waals surface area contributed by atoms with Gasteiger partial charge in [-0.3, -0.25) is 0 Å². The number of halogens is 1. The predicted molar refractivity (Wildman–Crippen MR) is 89.0 cm³/mol. The molecule has 2 nitrogen and oxygen atoms in total. The van der Waals surface area contributed by atoms with Crippen LogP contribution in [0.1, 0.15) is 51.6 Å². The van der Waals surface area contributed by atoms with E-state index in [1.807, 2.05) is 0 Å². The van der Waals surface area contributed by atoms with Crippen LogP contribution in [0.3, 0.4) is 0 Å². The van der Waals surface area contributed by atoms with Gasteiger partial charge in [0.25, 0.3) is 0 Å². The number of unbranched alkanes of at least 4 members (excludes halogenated alkanes) is 1. The first kappa shape index (κ1) is 16.5. The summed E-state index contributed by atoms with van der Waals surface area (Å²) in [5.41, 5.74) is 2.62. The largest absolute Gasteiger partial charge is 0.374 e. The van der Waals surface area contributed by atoms with Crippen LogP contribution in [0.2, 0.25) is 0 Å². The second-order valence-corrected chi connectivity index (χ2v) is 6.02. The van der Waals surface area contributed by atoms with Gasteiger partial charge in [-0.05, 0) is 59.9 Å². The van der Waals surface area contributed by atoms with Crippen LogP contribution >= 0.6 is 15.9 Å². The highest BCUT2D eigenvalue weighted by Crippen LogP contribution is 2.29. The first-order valence-electron chi connectivity index (χ1n) is 7.34. The Hall–Kier alpha value is -0.540. The Labute approximate surface area is 126 Å². The highest BCUT2D eigenvalue weighted by Gasteiger charge is 2.09. The van der Waals surface area contributed by atoms with E-state index < -0.39 is 0 Å². The van der Waals surface area contributed by atoms with Crippen molar-refractivity contribution in [1.82, 2.24) is 5.32 Å². The topological polar surface area (TPSA) is 15.3 Å². The molecular weight excluding hydrogens is 300 g/mol. The Balaban J connectivity index is 2.73.